The first kappa shape index (κ1) is 15.7. The van der Waals surface area contributed by atoms with E-state index in [1.54, 1.807) is 0 Å². The number of amides is 2. The van der Waals surface area contributed by atoms with Crippen LogP contribution in [0.2, 0.25) is 0 Å². The van der Waals surface area contributed by atoms with Gasteiger partial charge in [-0.2, -0.15) is 0 Å². The third-order valence-corrected chi connectivity index (χ3v) is 2.28. The lowest BCUT2D eigenvalue weighted by Gasteiger charge is -2.26. The fraction of sp³-hybridized carbons (Fsp3) is 0.818. The minimum absolute atomic E-state index is 0.301. The second kappa shape index (κ2) is 7.11. The standard InChI is InChI=1S/C11H22N2O4/c1-5-13(6-7(2)3)11(17)12-9(8(4)14)10(15)16/h7-9,14H,5-6H2,1-4H3,(H,12,17)(H,15,16)/t8-,9+/m1/s1. The van der Waals surface area contributed by atoms with E-state index in [2.05, 4.69) is 5.32 Å². The van der Waals surface area contributed by atoms with Gasteiger partial charge >= 0.3 is 12.0 Å². The summed E-state index contributed by atoms with van der Waals surface area (Å²) in [6.45, 7) is 8.14. The molecule has 2 atom stereocenters. The molecule has 0 saturated carbocycles. The average Bonchev–Trinajstić information content (AvgIpc) is 2.20. The van der Waals surface area contributed by atoms with E-state index in [-0.39, 0.29) is 0 Å². The first-order chi connectivity index (χ1) is 7.79. The largest absolute Gasteiger partial charge is 0.480 e. The number of hydrogen-bond acceptors (Lipinski definition) is 3. The molecule has 6 heteroatoms. The topological polar surface area (TPSA) is 89.9 Å². The highest BCUT2D eigenvalue weighted by atomic mass is 16.4. The van der Waals surface area contributed by atoms with Gasteiger partial charge in [-0.05, 0) is 19.8 Å². The Hall–Kier alpha value is -1.30. The molecule has 0 spiro atoms. The number of carboxylic acid groups (broad SMARTS) is 1. The molecule has 6 nitrogen and oxygen atoms in total. The molecule has 2 amide bonds. The van der Waals surface area contributed by atoms with Gasteiger partial charge in [0.2, 0.25) is 0 Å². The molecule has 0 bridgehead atoms. The van der Waals surface area contributed by atoms with Crippen molar-refractivity contribution in [1.29, 1.82) is 0 Å². The fourth-order valence-corrected chi connectivity index (χ4v) is 1.41. The molecule has 0 aliphatic heterocycles. The molecular weight excluding hydrogens is 224 g/mol. The number of nitrogens with zero attached hydrogens (tertiary/aromatic N) is 1. The molecule has 0 rings (SSSR count). The molecule has 0 aliphatic rings. The number of urea groups is 1. The molecule has 0 aromatic rings. The lowest BCUT2D eigenvalue weighted by molar-refractivity contribution is -0.141. The summed E-state index contributed by atoms with van der Waals surface area (Å²) >= 11 is 0. The second-order valence-corrected chi connectivity index (χ2v) is 4.44. The third kappa shape index (κ3) is 5.53. The first-order valence-electron chi connectivity index (χ1n) is 5.75. The maximum absolute atomic E-state index is 11.8. The van der Waals surface area contributed by atoms with Crippen molar-refractivity contribution < 1.29 is 19.8 Å². The van der Waals surface area contributed by atoms with Crippen molar-refractivity contribution in [3.63, 3.8) is 0 Å². The van der Waals surface area contributed by atoms with Crippen molar-refractivity contribution in [2.45, 2.75) is 39.8 Å². The van der Waals surface area contributed by atoms with Crippen molar-refractivity contribution >= 4 is 12.0 Å². The number of carbonyl (C=O) groups excluding carboxylic acids is 1. The summed E-state index contributed by atoms with van der Waals surface area (Å²) in [5, 5.41) is 20.4. The van der Waals surface area contributed by atoms with Crippen LogP contribution in [0.1, 0.15) is 27.7 Å². The lowest BCUT2D eigenvalue weighted by atomic mass is 10.2. The number of aliphatic hydroxyl groups excluding tert-OH is 1. The predicted molar refractivity (Wildman–Crippen MR) is 63.7 cm³/mol. The van der Waals surface area contributed by atoms with Crippen LogP contribution < -0.4 is 5.32 Å². The van der Waals surface area contributed by atoms with E-state index >= 15 is 0 Å². The van der Waals surface area contributed by atoms with Gasteiger partial charge in [-0.15, -0.1) is 0 Å². The number of aliphatic carboxylic acids is 1. The Morgan fingerprint density at radius 2 is 1.82 bits per heavy atom. The van der Waals surface area contributed by atoms with Crippen LogP contribution in [0.25, 0.3) is 0 Å². The zero-order valence-electron chi connectivity index (χ0n) is 10.8. The molecular formula is C11H22N2O4. The second-order valence-electron chi connectivity index (χ2n) is 4.44. The molecule has 0 aliphatic carbocycles. The van der Waals surface area contributed by atoms with E-state index < -0.39 is 24.1 Å². The Bertz CT molecular complexity index is 266. The van der Waals surface area contributed by atoms with Crippen LogP contribution in [0, 0.1) is 5.92 Å². The molecule has 0 aromatic carbocycles. The van der Waals surface area contributed by atoms with E-state index in [9.17, 15) is 14.7 Å². The van der Waals surface area contributed by atoms with Crippen molar-refractivity contribution in [2.75, 3.05) is 13.1 Å². The Labute approximate surface area is 102 Å². The minimum Gasteiger partial charge on any atom is -0.480 e. The predicted octanol–water partition coefficient (Wildman–Crippen LogP) is 0.508. The van der Waals surface area contributed by atoms with Gasteiger partial charge in [-0.1, -0.05) is 13.8 Å². The maximum atomic E-state index is 11.8. The van der Waals surface area contributed by atoms with Crippen molar-refractivity contribution in [3.05, 3.63) is 0 Å². The van der Waals surface area contributed by atoms with E-state index in [4.69, 9.17) is 5.11 Å². The van der Waals surface area contributed by atoms with Gasteiger partial charge in [0, 0.05) is 13.1 Å². The van der Waals surface area contributed by atoms with Crippen LogP contribution in [0.4, 0.5) is 4.79 Å². The SMILES string of the molecule is CCN(CC(C)C)C(=O)N[C@H](C(=O)O)[C@@H](C)O. The van der Waals surface area contributed by atoms with Gasteiger partial charge in [-0.3, -0.25) is 0 Å². The van der Waals surface area contributed by atoms with Gasteiger partial charge < -0.3 is 20.4 Å². The summed E-state index contributed by atoms with van der Waals surface area (Å²) in [5.41, 5.74) is 0. The molecule has 100 valence electrons. The molecule has 0 aromatic heterocycles. The summed E-state index contributed by atoms with van der Waals surface area (Å²) < 4.78 is 0. The Balaban J connectivity index is 4.52. The smallest absolute Gasteiger partial charge is 0.328 e. The average molecular weight is 246 g/mol. The molecule has 0 fully saturated rings. The lowest BCUT2D eigenvalue weighted by Crippen LogP contribution is -2.52. The highest BCUT2D eigenvalue weighted by molar-refractivity contribution is 5.83. The zero-order chi connectivity index (χ0) is 13.6. The number of carbonyl (C=O) groups is 2. The van der Waals surface area contributed by atoms with Gasteiger partial charge in [0.15, 0.2) is 6.04 Å². The molecule has 0 unspecified atom stereocenters. The Kier molecular flexibility index (Phi) is 6.57. The van der Waals surface area contributed by atoms with Crippen LogP contribution in [0.15, 0.2) is 0 Å². The zero-order valence-corrected chi connectivity index (χ0v) is 10.8. The van der Waals surface area contributed by atoms with Gasteiger partial charge in [0.1, 0.15) is 0 Å². The van der Waals surface area contributed by atoms with Crippen LogP contribution in [0.5, 0.6) is 0 Å². The third-order valence-electron chi connectivity index (χ3n) is 2.28. The quantitative estimate of drug-likeness (QED) is 0.637. The van der Waals surface area contributed by atoms with Crippen molar-refractivity contribution in [1.82, 2.24) is 10.2 Å². The van der Waals surface area contributed by atoms with Gasteiger partial charge in [0.05, 0.1) is 6.10 Å². The normalized spacial score (nSPS) is 14.2. The molecule has 0 saturated heterocycles. The Morgan fingerprint density at radius 3 is 2.12 bits per heavy atom. The van der Waals surface area contributed by atoms with Crippen LogP contribution in [-0.2, 0) is 4.79 Å². The highest BCUT2D eigenvalue weighted by Gasteiger charge is 2.26. The summed E-state index contributed by atoms with van der Waals surface area (Å²) in [6.07, 6.45) is -1.13. The Morgan fingerprint density at radius 1 is 1.29 bits per heavy atom. The van der Waals surface area contributed by atoms with E-state index in [1.165, 1.54) is 11.8 Å². The number of rotatable bonds is 6. The van der Waals surface area contributed by atoms with E-state index in [0.29, 0.717) is 19.0 Å². The molecule has 0 radical (unpaired) electrons. The minimum atomic E-state index is -1.27. The van der Waals surface area contributed by atoms with Crippen LogP contribution in [-0.4, -0.2) is 52.3 Å². The van der Waals surface area contributed by atoms with Crippen LogP contribution in [0.3, 0.4) is 0 Å². The number of hydrogen-bond donors (Lipinski definition) is 3. The maximum Gasteiger partial charge on any atom is 0.328 e. The summed E-state index contributed by atoms with van der Waals surface area (Å²) in [6, 6.07) is -1.74. The number of carboxylic acids is 1. The van der Waals surface area contributed by atoms with E-state index in [0.717, 1.165) is 0 Å². The monoisotopic (exact) mass is 246 g/mol. The summed E-state index contributed by atoms with van der Waals surface area (Å²) in [5.74, 6) is -0.940. The van der Waals surface area contributed by atoms with E-state index in [1.807, 2.05) is 20.8 Å². The summed E-state index contributed by atoms with van der Waals surface area (Å²) in [7, 11) is 0. The van der Waals surface area contributed by atoms with Crippen LogP contribution >= 0.6 is 0 Å². The molecule has 3 N–H and O–H groups in total. The van der Waals surface area contributed by atoms with Crippen molar-refractivity contribution in [2.24, 2.45) is 5.92 Å². The summed E-state index contributed by atoms with van der Waals surface area (Å²) in [4.78, 5) is 24.1. The molecule has 17 heavy (non-hydrogen) atoms. The van der Waals surface area contributed by atoms with Crippen molar-refractivity contribution in [3.8, 4) is 0 Å². The highest BCUT2D eigenvalue weighted by Crippen LogP contribution is 2.01. The molecule has 0 heterocycles. The van der Waals surface area contributed by atoms with Gasteiger partial charge in [-0.25, -0.2) is 9.59 Å². The van der Waals surface area contributed by atoms with Gasteiger partial charge in [0.25, 0.3) is 0 Å². The number of aliphatic hydroxyl groups is 1. The fourth-order valence-electron chi connectivity index (χ4n) is 1.41. The number of nitrogens with one attached hydrogen (secondary N) is 1. The first-order valence-corrected chi connectivity index (χ1v) is 5.75.